The molecule has 0 bridgehead atoms. The van der Waals surface area contributed by atoms with Gasteiger partial charge in [0.25, 0.3) is 0 Å². The quantitative estimate of drug-likeness (QED) is 0.789. The van der Waals surface area contributed by atoms with Crippen molar-refractivity contribution in [3.05, 3.63) is 45.2 Å². The Morgan fingerprint density at radius 2 is 1.75 bits per heavy atom. The molecular weight excluding hydrogens is 260 g/mol. The molecule has 0 unspecified atom stereocenters. The highest BCUT2D eigenvalue weighted by Crippen LogP contribution is 2.12. The molecule has 2 aromatic rings. The lowest BCUT2D eigenvalue weighted by Gasteiger charge is -2.16. The Balaban J connectivity index is 2.66. The second-order valence-electron chi connectivity index (χ2n) is 4.46. The molecule has 0 fully saturated rings. The van der Waals surface area contributed by atoms with Gasteiger partial charge in [-0.1, -0.05) is 0 Å². The number of anilines is 1. The van der Waals surface area contributed by atoms with Gasteiger partial charge in [0, 0.05) is 21.1 Å². The van der Waals surface area contributed by atoms with E-state index < -0.39 is 11.4 Å². The molecule has 0 saturated carbocycles. The van der Waals surface area contributed by atoms with Gasteiger partial charge < -0.3 is 9.64 Å². The Morgan fingerprint density at radius 1 is 1.15 bits per heavy atom. The summed E-state index contributed by atoms with van der Waals surface area (Å²) in [5.41, 5.74) is -0.602. The van der Waals surface area contributed by atoms with Crippen LogP contribution >= 0.6 is 0 Å². The van der Waals surface area contributed by atoms with Gasteiger partial charge in [-0.05, 0) is 24.3 Å². The maximum Gasteiger partial charge on any atom is 0.359 e. The first-order chi connectivity index (χ1) is 9.45. The fraction of sp³-hybridized carbons (Fsp3) is 0.308. The SMILES string of the molecule is COc1ccc(-n2c(=O)nc(N(C)C)n(C)c2=O)cc1. The van der Waals surface area contributed by atoms with Gasteiger partial charge in [-0.2, -0.15) is 4.98 Å². The molecule has 0 spiro atoms. The Morgan fingerprint density at radius 3 is 2.25 bits per heavy atom. The van der Waals surface area contributed by atoms with E-state index in [1.54, 1.807) is 57.4 Å². The van der Waals surface area contributed by atoms with Gasteiger partial charge in [0.05, 0.1) is 12.8 Å². The van der Waals surface area contributed by atoms with Crippen LogP contribution in [0, 0.1) is 0 Å². The van der Waals surface area contributed by atoms with E-state index in [1.807, 2.05) is 0 Å². The fourth-order valence-electron chi connectivity index (χ4n) is 1.88. The van der Waals surface area contributed by atoms with Crippen LogP contribution in [0.25, 0.3) is 5.69 Å². The van der Waals surface area contributed by atoms with E-state index in [2.05, 4.69) is 4.98 Å². The van der Waals surface area contributed by atoms with Crippen LogP contribution in [0.3, 0.4) is 0 Å². The minimum absolute atomic E-state index is 0.310. The third-order valence-corrected chi connectivity index (χ3v) is 2.90. The molecule has 2 rings (SSSR count). The van der Waals surface area contributed by atoms with E-state index in [-0.39, 0.29) is 0 Å². The highest BCUT2D eigenvalue weighted by atomic mass is 16.5. The molecule has 106 valence electrons. The maximum atomic E-state index is 12.3. The van der Waals surface area contributed by atoms with Crippen molar-refractivity contribution in [2.24, 2.45) is 7.05 Å². The van der Waals surface area contributed by atoms with Crippen LogP contribution in [0.15, 0.2) is 33.9 Å². The number of aromatic nitrogens is 3. The molecule has 1 heterocycles. The van der Waals surface area contributed by atoms with Crippen molar-refractivity contribution in [1.29, 1.82) is 0 Å². The van der Waals surface area contributed by atoms with E-state index in [9.17, 15) is 9.59 Å². The van der Waals surface area contributed by atoms with E-state index in [0.29, 0.717) is 17.4 Å². The summed E-state index contributed by atoms with van der Waals surface area (Å²) in [7, 11) is 6.57. The Labute approximate surface area is 115 Å². The smallest absolute Gasteiger partial charge is 0.359 e. The third-order valence-electron chi connectivity index (χ3n) is 2.90. The number of benzene rings is 1. The lowest BCUT2D eigenvalue weighted by molar-refractivity contribution is 0.414. The summed E-state index contributed by atoms with van der Waals surface area (Å²) in [6.45, 7) is 0. The molecule has 7 nitrogen and oxygen atoms in total. The van der Waals surface area contributed by atoms with E-state index in [0.717, 1.165) is 4.57 Å². The van der Waals surface area contributed by atoms with Crippen LogP contribution in [0.1, 0.15) is 0 Å². The van der Waals surface area contributed by atoms with Crippen LogP contribution in [-0.2, 0) is 7.05 Å². The second-order valence-corrected chi connectivity index (χ2v) is 4.46. The summed E-state index contributed by atoms with van der Waals surface area (Å²) in [5.74, 6) is 0.959. The zero-order valence-corrected chi connectivity index (χ0v) is 11.8. The fourth-order valence-corrected chi connectivity index (χ4v) is 1.88. The van der Waals surface area contributed by atoms with Gasteiger partial charge in [0.2, 0.25) is 5.95 Å². The minimum atomic E-state index is -0.609. The summed E-state index contributed by atoms with van der Waals surface area (Å²) in [6, 6.07) is 6.64. The molecule has 0 atom stereocenters. The molecule has 0 N–H and O–H groups in total. The highest BCUT2D eigenvalue weighted by Gasteiger charge is 2.13. The predicted octanol–water partition coefficient (Wildman–Crippen LogP) is 0.00580. The number of hydrogen-bond donors (Lipinski definition) is 0. The van der Waals surface area contributed by atoms with Crippen molar-refractivity contribution in [3.8, 4) is 11.4 Å². The normalized spacial score (nSPS) is 10.4. The average molecular weight is 276 g/mol. The maximum absolute atomic E-state index is 12.3. The minimum Gasteiger partial charge on any atom is -0.497 e. The number of methoxy groups -OCH3 is 1. The molecule has 0 aliphatic rings. The molecule has 0 aliphatic carbocycles. The first-order valence-corrected chi connectivity index (χ1v) is 5.97. The lowest BCUT2D eigenvalue weighted by atomic mass is 10.3. The molecule has 1 aromatic carbocycles. The topological polar surface area (TPSA) is 69.4 Å². The van der Waals surface area contributed by atoms with Crippen LogP contribution in [0.5, 0.6) is 5.75 Å². The number of ether oxygens (including phenoxy) is 1. The first-order valence-electron chi connectivity index (χ1n) is 5.97. The number of rotatable bonds is 3. The van der Waals surface area contributed by atoms with Gasteiger partial charge in [-0.25, -0.2) is 14.2 Å². The van der Waals surface area contributed by atoms with Crippen molar-refractivity contribution >= 4 is 5.95 Å². The van der Waals surface area contributed by atoms with Gasteiger partial charge in [-0.3, -0.25) is 4.57 Å². The molecule has 0 amide bonds. The van der Waals surface area contributed by atoms with Gasteiger partial charge in [0.1, 0.15) is 5.75 Å². The van der Waals surface area contributed by atoms with Crippen LogP contribution in [-0.4, -0.2) is 35.3 Å². The Kier molecular flexibility index (Phi) is 3.60. The molecule has 20 heavy (non-hydrogen) atoms. The van der Waals surface area contributed by atoms with E-state index >= 15 is 0 Å². The molecule has 0 radical (unpaired) electrons. The highest BCUT2D eigenvalue weighted by molar-refractivity contribution is 5.38. The number of nitrogens with zero attached hydrogens (tertiary/aromatic N) is 4. The average Bonchev–Trinajstić information content (AvgIpc) is 2.43. The van der Waals surface area contributed by atoms with Crippen LogP contribution in [0.4, 0.5) is 5.95 Å². The van der Waals surface area contributed by atoms with Crippen LogP contribution < -0.4 is 21.0 Å². The van der Waals surface area contributed by atoms with Gasteiger partial charge in [-0.15, -0.1) is 0 Å². The largest absolute Gasteiger partial charge is 0.497 e. The van der Waals surface area contributed by atoms with Crippen molar-refractivity contribution in [3.63, 3.8) is 0 Å². The summed E-state index contributed by atoms with van der Waals surface area (Å²) in [5, 5.41) is 0. The van der Waals surface area contributed by atoms with E-state index in [1.165, 1.54) is 4.57 Å². The summed E-state index contributed by atoms with van der Waals surface area (Å²) >= 11 is 0. The molecular formula is C13H16N4O3. The zero-order chi connectivity index (χ0) is 14.9. The monoisotopic (exact) mass is 276 g/mol. The summed E-state index contributed by atoms with van der Waals surface area (Å²) in [6.07, 6.45) is 0. The van der Waals surface area contributed by atoms with Crippen molar-refractivity contribution in [1.82, 2.24) is 14.1 Å². The first kappa shape index (κ1) is 13.9. The van der Waals surface area contributed by atoms with Crippen molar-refractivity contribution in [2.75, 3.05) is 26.1 Å². The standard InChI is InChI=1S/C13H16N4O3/c1-15(2)11-14-12(18)17(13(19)16(11)3)9-5-7-10(20-4)8-6-9/h5-8H,1-4H3. The zero-order valence-electron chi connectivity index (χ0n) is 11.8. The van der Waals surface area contributed by atoms with Crippen molar-refractivity contribution < 1.29 is 4.74 Å². The van der Waals surface area contributed by atoms with Gasteiger partial charge in [0.15, 0.2) is 0 Å². The molecule has 7 heteroatoms. The van der Waals surface area contributed by atoms with E-state index in [4.69, 9.17) is 4.74 Å². The molecule has 0 saturated heterocycles. The second kappa shape index (κ2) is 5.20. The third kappa shape index (κ3) is 2.29. The lowest BCUT2D eigenvalue weighted by Crippen LogP contribution is -2.41. The van der Waals surface area contributed by atoms with Gasteiger partial charge >= 0.3 is 11.4 Å². The van der Waals surface area contributed by atoms with Crippen molar-refractivity contribution in [2.45, 2.75) is 0 Å². The molecule has 1 aromatic heterocycles. The predicted molar refractivity (Wildman–Crippen MR) is 76.0 cm³/mol. The Bertz CT molecular complexity index is 729. The summed E-state index contributed by atoms with van der Waals surface area (Å²) < 4.78 is 7.39. The summed E-state index contributed by atoms with van der Waals surface area (Å²) in [4.78, 5) is 29.9. The molecule has 0 aliphatic heterocycles. The number of hydrogen-bond acceptors (Lipinski definition) is 5. The van der Waals surface area contributed by atoms with Crippen LogP contribution in [0.2, 0.25) is 0 Å². The Hall–Kier alpha value is -2.57.